The first-order valence-electron chi connectivity index (χ1n) is 6.71. The second-order valence-corrected chi connectivity index (χ2v) is 6.50. The third-order valence-electron chi connectivity index (χ3n) is 3.05. The van der Waals surface area contributed by atoms with Crippen molar-refractivity contribution < 1.29 is 17.6 Å². The maximum atomic E-state index is 13.1. The quantitative estimate of drug-likeness (QED) is 0.776. The lowest BCUT2D eigenvalue weighted by atomic mass is 10.2. The summed E-state index contributed by atoms with van der Waals surface area (Å²) in [4.78, 5) is 12.0. The third kappa shape index (κ3) is 4.76. The van der Waals surface area contributed by atoms with Gasteiger partial charge in [0.15, 0.2) is 0 Å². The Kier molecular flexibility index (Phi) is 4.97. The van der Waals surface area contributed by atoms with Gasteiger partial charge in [0.25, 0.3) is 0 Å². The molecular weight excluding hydrogens is 321 g/mol. The van der Waals surface area contributed by atoms with Crippen LogP contribution in [0.3, 0.4) is 0 Å². The minimum Gasteiger partial charge on any atom is -0.374 e. The number of sulfonamides is 1. The number of benzene rings is 2. The fourth-order valence-corrected chi connectivity index (χ4v) is 2.39. The van der Waals surface area contributed by atoms with Gasteiger partial charge in [-0.3, -0.25) is 4.79 Å². The molecule has 0 bridgehead atoms. The fourth-order valence-electron chi connectivity index (χ4n) is 1.87. The third-order valence-corrected chi connectivity index (χ3v) is 3.98. The summed E-state index contributed by atoms with van der Waals surface area (Å²) in [6, 6.07) is 10.6. The molecule has 0 saturated heterocycles. The smallest absolute Gasteiger partial charge is 0.246 e. The van der Waals surface area contributed by atoms with Crippen molar-refractivity contribution in [3.63, 3.8) is 0 Å². The van der Waals surface area contributed by atoms with Gasteiger partial charge < -0.3 is 10.6 Å². The van der Waals surface area contributed by atoms with E-state index in [9.17, 15) is 17.6 Å². The Morgan fingerprint density at radius 3 is 2.35 bits per heavy atom. The van der Waals surface area contributed by atoms with Crippen molar-refractivity contribution in [1.29, 1.82) is 0 Å². The lowest BCUT2D eigenvalue weighted by molar-refractivity contribution is -0.116. The van der Waals surface area contributed by atoms with E-state index in [2.05, 4.69) is 10.6 Å². The van der Waals surface area contributed by atoms with Crippen molar-refractivity contribution >= 4 is 27.3 Å². The number of amides is 1. The van der Waals surface area contributed by atoms with Gasteiger partial charge in [-0.15, -0.1) is 0 Å². The summed E-state index contributed by atoms with van der Waals surface area (Å²) in [5.74, 6) is -0.751. The molecule has 6 nitrogen and oxygen atoms in total. The molecular formula is C15H16FN3O3S. The van der Waals surface area contributed by atoms with Crippen molar-refractivity contribution in [2.75, 3.05) is 10.6 Å². The van der Waals surface area contributed by atoms with Crippen LogP contribution >= 0.6 is 0 Å². The number of rotatable bonds is 5. The maximum absolute atomic E-state index is 13.1. The molecule has 1 amide bonds. The van der Waals surface area contributed by atoms with Gasteiger partial charge in [0.1, 0.15) is 11.9 Å². The molecule has 0 spiro atoms. The second kappa shape index (κ2) is 6.76. The summed E-state index contributed by atoms with van der Waals surface area (Å²) >= 11 is 0. The summed E-state index contributed by atoms with van der Waals surface area (Å²) in [6.07, 6.45) is 0. The highest BCUT2D eigenvalue weighted by molar-refractivity contribution is 7.89. The molecule has 4 N–H and O–H groups in total. The summed E-state index contributed by atoms with van der Waals surface area (Å²) in [5.41, 5.74) is 0.910. The Balaban J connectivity index is 2.01. The molecule has 2 aromatic carbocycles. The first kappa shape index (κ1) is 16.9. The van der Waals surface area contributed by atoms with Gasteiger partial charge in [-0.05, 0) is 49.4 Å². The molecule has 1 atom stereocenters. The van der Waals surface area contributed by atoms with Crippen LogP contribution in [-0.4, -0.2) is 20.4 Å². The van der Waals surface area contributed by atoms with Gasteiger partial charge in [0, 0.05) is 11.4 Å². The summed E-state index contributed by atoms with van der Waals surface area (Å²) in [5, 5.41) is 10.5. The van der Waals surface area contributed by atoms with Crippen molar-refractivity contribution in [3.05, 3.63) is 54.3 Å². The Morgan fingerprint density at radius 2 is 1.78 bits per heavy atom. The number of carbonyl (C=O) groups excluding carboxylic acids is 1. The molecule has 8 heteroatoms. The van der Waals surface area contributed by atoms with Gasteiger partial charge in [0.2, 0.25) is 15.9 Å². The molecule has 23 heavy (non-hydrogen) atoms. The lowest BCUT2D eigenvalue weighted by Crippen LogP contribution is -2.31. The van der Waals surface area contributed by atoms with Crippen molar-refractivity contribution in [3.8, 4) is 0 Å². The fraction of sp³-hybridized carbons (Fsp3) is 0.133. The molecule has 0 radical (unpaired) electrons. The number of hydrogen-bond acceptors (Lipinski definition) is 4. The van der Waals surface area contributed by atoms with Crippen LogP contribution in [0.4, 0.5) is 15.8 Å². The zero-order valence-corrected chi connectivity index (χ0v) is 13.1. The van der Waals surface area contributed by atoms with E-state index in [0.717, 1.165) is 0 Å². The van der Waals surface area contributed by atoms with Crippen molar-refractivity contribution in [1.82, 2.24) is 0 Å². The van der Waals surface area contributed by atoms with Crippen LogP contribution in [0.15, 0.2) is 53.4 Å². The minimum absolute atomic E-state index is 0.0403. The summed E-state index contributed by atoms with van der Waals surface area (Å²) in [7, 11) is -3.77. The number of nitrogens with two attached hydrogens (primary N) is 1. The Morgan fingerprint density at radius 1 is 1.13 bits per heavy atom. The first-order chi connectivity index (χ1) is 10.8. The summed E-state index contributed by atoms with van der Waals surface area (Å²) in [6.45, 7) is 1.62. The van der Waals surface area contributed by atoms with E-state index in [-0.39, 0.29) is 10.8 Å². The van der Waals surface area contributed by atoms with Gasteiger partial charge in [-0.25, -0.2) is 17.9 Å². The van der Waals surface area contributed by atoms with E-state index in [4.69, 9.17) is 5.14 Å². The highest BCUT2D eigenvalue weighted by Gasteiger charge is 2.14. The monoisotopic (exact) mass is 337 g/mol. The first-order valence-corrected chi connectivity index (χ1v) is 8.26. The lowest BCUT2D eigenvalue weighted by Gasteiger charge is -2.15. The van der Waals surface area contributed by atoms with Crippen LogP contribution < -0.4 is 15.8 Å². The predicted octanol–water partition coefficient (Wildman–Crippen LogP) is 1.91. The van der Waals surface area contributed by atoms with Crippen LogP contribution in [0.25, 0.3) is 0 Å². The van der Waals surface area contributed by atoms with Gasteiger partial charge in [-0.2, -0.15) is 0 Å². The second-order valence-electron chi connectivity index (χ2n) is 4.94. The Hall–Kier alpha value is -2.45. The van der Waals surface area contributed by atoms with Crippen molar-refractivity contribution in [2.45, 2.75) is 17.9 Å². The normalized spacial score (nSPS) is 12.5. The number of hydrogen-bond donors (Lipinski definition) is 3. The van der Waals surface area contributed by atoms with Crippen LogP contribution in [-0.2, 0) is 14.8 Å². The molecule has 0 fully saturated rings. The molecule has 0 aliphatic rings. The number of halogens is 1. The van der Waals surface area contributed by atoms with E-state index in [1.165, 1.54) is 42.5 Å². The van der Waals surface area contributed by atoms with Gasteiger partial charge in [0.05, 0.1) is 4.90 Å². The van der Waals surface area contributed by atoms with E-state index in [0.29, 0.717) is 11.4 Å². The average molecular weight is 337 g/mol. The van der Waals surface area contributed by atoms with E-state index in [1.807, 2.05) is 0 Å². The van der Waals surface area contributed by atoms with Gasteiger partial charge in [-0.1, -0.05) is 6.07 Å². The van der Waals surface area contributed by atoms with Gasteiger partial charge >= 0.3 is 0 Å². The Labute approximate surface area is 133 Å². The number of primary sulfonamides is 1. The number of carbonyl (C=O) groups is 1. The molecule has 0 aliphatic heterocycles. The van der Waals surface area contributed by atoms with E-state index < -0.39 is 21.9 Å². The molecule has 0 aromatic heterocycles. The standard InChI is InChI=1S/C15H16FN3O3S/c1-10(18-13-4-2-3-11(16)9-13)15(20)19-12-5-7-14(8-6-12)23(17,21)22/h2-10,18H,1H3,(H,19,20)(H2,17,21,22)/t10-/m0/s1. The number of anilines is 2. The minimum atomic E-state index is -3.77. The predicted molar refractivity (Wildman–Crippen MR) is 85.9 cm³/mol. The number of nitrogens with one attached hydrogen (secondary N) is 2. The van der Waals surface area contributed by atoms with Crippen LogP contribution in [0.1, 0.15) is 6.92 Å². The van der Waals surface area contributed by atoms with Crippen LogP contribution in [0.5, 0.6) is 0 Å². The highest BCUT2D eigenvalue weighted by atomic mass is 32.2. The average Bonchev–Trinajstić information content (AvgIpc) is 2.46. The largest absolute Gasteiger partial charge is 0.374 e. The molecule has 0 saturated carbocycles. The van der Waals surface area contributed by atoms with Crippen molar-refractivity contribution in [2.24, 2.45) is 5.14 Å². The molecule has 0 heterocycles. The molecule has 2 rings (SSSR count). The Bertz CT molecular complexity index is 807. The molecule has 122 valence electrons. The van der Waals surface area contributed by atoms with E-state index >= 15 is 0 Å². The SMILES string of the molecule is C[C@H](Nc1cccc(F)c1)C(=O)Nc1ccc(S(N)(=O)=O)cc1. The molecule has 0 aliphatic carbocycles. The zero-order valence-electron chi connectivity index (χ0n) is 12.3. The maximum Gasteiger partial charge on any atom is 0.246 e. The topological polar surface area (TPSA) is 101 Å². The summed E-state index contributed by atoms with van der Waals surface area (Å²) < 4.78 is 35.4. The zero-order chi connectivity index (χ0) is 17.0. The van der Waals surface area contributed by atoms with Crippen LogP contribution in [0, 0.1) is 5.82 Å². The van der Waals surface area contributed by atoms with E-state index in [1.54, 1.807) is 13.0 Å². The highest BCUT2D eigenvalue weighted by Crippen LogP contribution is 2.14. The molecule has 0 unspecified atom stereocenters. The van der Waals surface area contributed by atoms with Crippen LogP contribution in [0.2, 0.25) is 0 Å². The molecule has 2 aromatic rings.